The molecule has 0 atom stereocenters. The van der Waals surface area contributed by atoms with Gasteiger partial charge in [0.1, 0.15) is 11.5 Å². The van der Waals surface area contributed by atoms with Gasteiger partial charge in [-0.15, -0.1) is 0 Å². The Morgan fingerprint density at radius 2 is 1.12 bits per heavy atom. The largest absolute Gasteiger partial charge is 0.433 e. The van der Waals surface area contributed by atoms with Gasteiger partial charge in [0, 0.05) is 19.3 Å². The number of hydrogen-bond acceptors (Lipinski definition) is 2. The molecule has 0 aliphatic rings. The third-order valence-corrected chi connectivity index (χ3v) is 5.32. The Morgan fingerprint density at radius 1 is 0.656 bits per heavy atom. The van der Waals surface area contributed by atoms with E-state index in [1.807, 2.05) is 49.4 Å². The molecule has 3 aromatic carbocycles. The van der Waals surface area contributed by atoms with Crippen LogP contribution in [0.4, 0.5) is 17.6 Å². The Kier molecular flexibility index (Phi) is 6.82. The van der Waals surface area contributed by atoms with Crippen LogP contribution in [-0.2, 0) is 11.8 Å². The quantitative estimate of drug-likeness (QED) is 0.315. The molecule has 0 radical (unpaired) electrons. The maximum atomic E-state index is 13.5. The van der Waals surface area contributed by atoms with E-state index in [0.717, 1.165) is 16.7 Å². The molecular weight excluding hydrogens is 420 g/mol. The highest BCUT2D eigenvalue weighted by atomic mass is 19.3. The van der Waals surface area contributed by atoms with E-state index < -0.39 is 17.6 Å². The van der Waals surface area contributed by atoms with Gasteiger partial charge >= 0.3 is 12.2 Å². The van der Waals surface area contributed by atoms with Gasteiger partial charge in [0.2, 0.25) is 0 Å². The molecule has 0 bridgehead atoms. The summed E-state index contributed by atoms with van der Waals surface area (Å²) in [7, 11) is 0. The molecule has 2 nitrogen and oxygen atoms in total. The average Bonchev–Trinajstić information content (AvgIpc) is 2.71. The van der Waals surface area contributed by atoms with Crippen molar-refractivity contribution in [2.45, 2.75) is 51.2 Å². The van der Waals surface area contributed by atoms with Crippen LogP contribution >= 0.6 is 0 Å². The van der Waals surface area contributed by atoms with E-state index in [0.29, 0.717) is 26.7 Å². The lowest BCUT2D eigenvalue weighted by Crippen LogP contribution is -2.30. The van der Waals surface area contributed by atoms with Crippen LogP contribution in [0.5, 0.6) is 11.5 Å². The predicted octanol–water partition coefficient (Wildman–Crippen LogP) is 7.61. The SMILES string of the molecule is CCC(Cc1ccccc1)(c1cccc(OC(C)(F)F)c1)c1cccc(OC(C)(F)F)c1. The van der Waals surface area contributed by atoms with E-state index in [-0.39, 0.29) is 11.5 Å². The van der Waals surface area contributed by atoms with Crippen molar-refractivity contribution in [3.8, 4) is 11.5 Å². The van der Waals surface area contributed by atoms with Crippen molar-refractivity contribution >= 4 is 0 Å². The molecule has 32 heavy (non-hydrogen) atoms. The fourth-order valence-electron chi connectivity index (χ4n) is 3.98. The van der Waals surface area contributed by atoms with Crippen LogP contribution in [-0.4, -0.2) is 12.2 Å². The summed E-state index contributed by atoms with van der Waals surface area (Å²) in [5.41, 5.74) is 1.82. The van der Waals surface area contributed by atoms with Gasteiger partial charge in [-0.1, -0.05) is 61.5 Å². The Hall–Kier alpha value is -3.02. The van der Waals surface area contributed by atoms with Crippen molar-refractivity contribution in [2.24, 2.45) is 0 Å². The molecule has 0 aromatic heterocycles. The standard InChI is InChI=1S/C26H26F4O2/c1-4-26(18-19-10-6-5-7-11-19,20-12-8-14-22(16-20)31-24(2,27)28)21-13-9-15-23(17-21)32-25(3,29)30/h5-17H,4,18H2,1-3H3. The smallest absolute Gasteiger partial charge is 0.394 e. The Morgan fingerprint density at radius 3 is 1.53 bits per heavy atom. The monoisotopic (exact) mass is 446 g/mol. The van der Waals surface area contributed by atoms with Gasteiger partial charge in [0.05, 0.1) is 0 Å². The van der Waals surface area contributed by atoms with Crippen molar-refractivity contribution in [1.29, 1.82) is 0 Å². The molecule has 3 aromatic rings. The summed E-state index contributed by atoms with van der Waals surface area (Å²) in [6.45, 7) is 3.34. The van der Waals surface area contributed by atoms with E-state index in [4.69, 9.17) is 9.47 Å². The first-order valence-corrected chi connectivity index (χ1v) is 10.4. The summed E-state index contributed by atoms with van der Waals surface area (Å²) in [6, 6.07) is 22.8. The van der Waals surface area contributed by atoms with Gasteiger partial charge in [-0.25, -0.2) is 0 Å². The zero-order chi connectivity index (χ0) is 23.4. The lowest BCUT2D eigenvalue weighted by atomic mass is 9.68. The molecule has 0 saturated heterocycles. The Bertz CT molecular complexity index is 964. The number of halogens is 4. The lowest BCUT2D eigenvalue weighted by Gasteiger charge is -2.35. The molecule has 0 aliphatic heterocycles. The Balaban J connectivity index is 2.14. The predicted molar refractivity (Wildman–Crippen MR) is 117 cm³/mol. The van der Waals surface area contributed by atoms with Gasteiger partial charge < -0.3 is 9.47 Å². The maximum absolute atomic E-state index is 13.5. The topological polar surface area (TPSA) is 18.5 Å². The zero-order valence-electron chi connectivity index (χ0n) is 18.2. The summed E-state index contributed by atoms with van der Waals surface area (Å²) in [5, 5.41) is 0. The zero-order valence-corrected chi connectivity index (χ0v) is 18.2. The van der Waals surface area contributed by atoms with E-state index >= 15 is 0 Å². The minimum atomic E-state index is -3.33. The molecule has 0 saturated carbocycles. The summed E-state index contributed by atoms with van der Waals surface area (Å²) < 4.78 is 63.6. The van der Waals surface area contributed by atoms with E-state index in [9.17, 15) is 17.6 Å². The van der Waals surface area contributed by atoms with Crippen molar-refractivity contribution < 1.29 is 27.0 Å². The van der Waals surface area contributed by atoms with Crippen LogP contribution in [0, 0.1) is 0 Å². The molecule has 0 spiro atoms. The van der Waals surface area contributed by atoms with E-state index in [1.165, 1.54) is 12.1 Å². The molecule has 0 amide bonds. The number of hydrogen-bond donors (Lipinski definition) is 0. The molecule has 0 N–H and O–H groups in total. The van der Waals surface area contributed by atoms with Crippen LogP contribution in [0.2, 0.25) is 0 Å². The van der Waals surface area contributed by atoms with Crippen molar-refractivity contribution in [2.75, 3.05) is 0 Å². The van der Waals surface area contributed by atoms with Crippen LogP contribution < -0.4 is 9.47 Å². The van der Waals surface area contributed by atoms with Crippen molar-refractivity contribution in [3.63, 3.8) is 0 Å². The lowest BCUT2D eigenvalue weighted by molar-refractivity contribution is -0.159. The number of alkyl halides is 4. The molecule has 0 heterocycles. The van der Waals surface area contributed by atoms with Crippen LogP contribution in [0.25, 0.3) is 0 Å². The highest BCUT2D eigenvalue weighted by Crippen LogP contribution is 2.42. The van der Waals surface area contributed by atoms with Gasteiger partial charge in [0.25, 0.3) is 0 Å². The maximum Gasteiger partial charge on any atom is 0.394 e. The fraction of sp³-hybridized carbons (Fsp3) is 0.308. The minimum Gasteiger partial charge on any atom is -0.433 e. The van der Waals surface area contributed by atoms with Crippen LogP contribution in [0.3, 0.4) is 0 Å². The van der Waals surface area contributed by atoms with Gasteiger partial charge in [-0.3, -0.25) is 0 Å². The first-order chi connectivity index (χ1) is 15.0. The van der Waals surface area contributed by atoms with Gasteiger partial charge in [-0.2, -0.15) is 17.6 Å². The average molecular weight is 446 g/mol. The molecule has 170 valence electrons. The summed E-state index contributed by atoms with van der Waals surface area (Å²) in [4.78, 5) is 0. The highest BCUT2D eigenvalue weighted by Gasteiger charge is 2.35. The first-order valence-electron chi connectivity index (χ1n) is 10.4. The van der Waals surface area contributed by atoms with E-state index in [2.05, 4.69) is 0 Å². The molecule has 3 rings (SSSR count). The van der Waals surface area contributed by atoms with Crippen LogP contribution in [0.15, 0.2) is 78.9 Å². The molecular formula is C26H26F4O2. The first kappa shape index (κ1) is 23.6. The van der Waals surface area contributed by atoms with Crippen LogP contribution in [0.1, 0.15) is 43.9 Å². The third-order valence-electron chi connectivity index (χ3n) is 5.32. The van der Waals surface area contributed by atoms with Crippen molar-refractivity contribution in [1.82, 2.24) is 0 Å². The minimum absolute atomic E-state index is 0.0355. The highest BCUT2D eigenvalue weighted by molar-refractivity contribution is 5.46. The normalized spacial score (nSPS) is 12.5. The summed E-state index contributed by atoms with van der Waals surface area (Å²) in [6.07, 6.45) is -5.54. The second kappa shape index (κ2) is 9.23. The molecule has 0 unspecified atom stereocenters. The second-order valence-electron chi connectivity index (χ2n) is 7.97. The van der Waals surface area contributed by atoms with Gasteiger partial charge in [0.15, 0.2) is 0 Å². The second-order valence-corrected chi connectivity index (χ2v) is 7.97. The van der Waals surface area contributed by atoms with Gasteiger partial charge in [-0.05, 0) is 53.8 Å². The molecule has 0 aliphatic carbocycles. The molecule has 0 fully saturated rings. The van der Waals surface area contributed by atoms with Crippen molar-refractivity contribution in [3.05, 3.63) is 95.6 Å². The summed E-state index contributed by atoms with van der Waals surface area (Å²) >= 11 is 0. The number of rotatable bonds is 9. The number of benzene rings is 3. The van der Waals surface area contributed by atoms with E-state index in [1.54, 1.807) is 24.3 Å². The third kappa shape index (κ3) is 6.02. The number of ether oxygens (including phenoxy) is 2. The summed E-state index contributed by atoms with van der Waals surface area (Å²) in [5.74, 6) is 0.0711. The Labute approximate surface area is 185 Å². The molecule has 6 heteroatoms. The fourth-order valence-corrected chi connectivity index (χ4v) is 3.98.